The number of aromatic nitrogens is 2. The fraction of sp³-hybridized carbons (Fsp3) is 0.368. The maximum absolute atomic E-state index is 13.1. The first-order chi connectivity index (χ1) is 14.0. The zero-order valence-corrected chi connectivity index (χ0v) is 16.0. The molecule has 1 saturated heterocycles. The third-order valence-electron chi connectivity index (χ3n) is 4.68. The number of amides is 2. The Morgan fingerprint density at radius 1 is 1.38 bits per heavy atom. The largest absolute Gasteiger partial charge is 0.492 e. The molecule has 0 radical (unpaired) electrons. The number of nitrogen functional groups attached to an aromatic ring is 1. The van der Waals surface area contributed by atoms with Crippen LogP contribution < -0.4 is 15.8 Å². The van der Waals surface area contributed by atoms with E-state index in [-0.39, 0.29) is 48.7 Å². The first kappa shape index (κ1) is 20.5. The van der Waals surface area contributed by atoms with Gasteiger partial charge in [-0.25, -0.2) is 14.4 Å². The molecule has 1 aromatic heterocycles. The van der Waals surface area contributed by atoms with Crippen LogP contribution in [0.15, 0.2) is 36.8 Å². The molecule has 1 atom stereocenters. The number of carbonyl (C=O) groups excluding carboxylic acids is 2. The predicted molar refractivity (Wildman–Crippen MR) is 104 cm³/mol. The van der Waals surface area contributed by atoms with Gasteiger partial charge in [-0.05, 0) is 19.2 Å². The minimum absolute atomic E-state index is 0.111. The molecule has 9 nitrogen and oxygen atoms in total. The highest BCUT2D eigenvalue weighted by Crippen LogP contribution is 2.15. The summed E-state index contributed by atoms with van der Waals surface area (Å²) >= 11 is 0. The molecule has 1 fully saturated rings. The summed E-state index contributed by atoms with van der Waals surface area (Å²) in [6.07, 6.45) is 2.65. The minimum atomic E-state index is -0.507. The van der Waals surface area contributed by atoms with Crippen molar-refractivity contribution in [1.29, 1.82) is 0 Å². The van der Waals surface area contributed by atoms with Crippen molar-refractivity contribution >= 4 is 17.6 Å². The number of halogens is 1. The molecular weight excluding hydrogens is 379 g/mol. The molecule has 0 bridgehead atoms. The molecule has 2 aromatic rings. The van der Waals surface area contributed by atoms with E-state index >= 15 is 0 Å². The maximum Gasteiger partial charge on any atom is 0.259 e. The van der Waals surface area contributed by atoms with Crippen LogP contribution in [0.3, 0.4) is 0 Å². The van der Waals surface area contributed by atoms with Crippen molar-refractivity contribution in [3.8, 4) is 5.75 Å². The van der Waals surface area contributed by atoms with E-state index in [0.717, 1.165) is 0 Å². The van der Waals surface area contributed by atoms with Gasteiger partial charge in [-0.3, -0.25) is 14.5 Å². The van der Waals surface area contributed by atoms with E-state index in [2.05, 4.69) is 15.3 Å². The molecule has 0 spiro atoms. The summed E-state index contributed by atoms with van der Waals surface area (Å²) < 4.78 is 18.6. The van der Waals surface area contributed by atoms with Crippen molar-refractivity contribution < 1.29 is 18.7 Å². The van der Waals surface area contributed by atoms with Crippen LogP contribution in [-0.4, -0.2) is 77.5 Å². The topological polar surface area (TPSA) is 114 Å². The van der Waals surface area contributed by atoms with Gasteiger partial charge in [0.2, 0.25) is 5.91 Å². The summed E-state index contributed by atoms with van der Waals surface area (Å²) in [4.78, 5) is 36.4. The molecule has 2 amide bonds. The van der Waals surface area contributed by atoms with E-state index in [1.165, 1.54) is 24.7 Å². The Kier molecular flexibility index (Phi) is 6.55. The second kappa shape index (κ2) is 9.28. The summed E-state index contributed by atoms with van der Waals surface area (Å²) in [6.45, 7) is 1.69. The van der Waals surface area contributed by atoms with Gasteiger partial charge in [0.05, 0.1) is 12.1 Å². The molecule has 3 rings (SSSR count). The van der Waals surface area contributed by atoms with Crippen molar-refractivity contribution in [2.24, 2.45) is 0 Å². The first-order valence-electron chi connectivity index (χ1n) is 9.17. The molecule has 0 saturated carbocycles. The second-order valence-corrected chi connectivity index (χ2v) is 6.67. The van der Waals surface area contributed by atoms with Crippen molar-refractivity contribution in [2.45, 2.75) is 6.04 Å². The highest BCUT2D eigenvalue weighted by atomic mass is 19.1. The van der Waals surface area contributed by atoms with E-state index < -0.39 is 6.04 Å². The zero-order valence-electron chi connectivity index (χ0n) is 16.0. The maximum atomic E-state index is 13.1. The second-order valence-electron chi connectivity index (χ2n) is 6.67. The molecule has 10 heteroatoms. The summed E-state index contributed by atoms with van der Waals surface area (Å²) in [5, 5.41) is 2.79. The number of nitrogens with zero attached hydrogens (tertiary/aromatic N) is 4. The van der Waals surface area contributed by atoms with Crippen molar-refractivity contribution in [1.82, 2.24) is 25.1 Å². The number of nitrogens with two attached hydrogens (primary N) is 1. The third kappa shape index (κ3) is 5.17. The molecule has 3 N–H and O–H groups in total. The van der Waals surface area contributed by atoms with E-state index in [9.17, 15) is 14.0 Å². The molecule has 1 aliphatic rings. The van der Waals surface area contributed by atoms with Gasteiger partial charge in [-0.15, -0.1) is 0 Å². The Bertz CT molecular complexity index is 881. The SMILES string of the molecule is CN1CCN(C(=O)c2cncnc2N)C[C@H]1C(=O)NCCOc1cccc(F)c1. The van der Waals surface area contributed by atoms with E-state index in [0.29, 0.717) is 18.8 Å². The van der Waals surface area contributed by atoms with Crippen molar-refractivity contribution in [2.75, 3.05) is 45.6 Å². The van der Waals surface area contributed by atoms with Crippen LogP contribution in [0.25, 0.3) is 0 Å². The molecule has 2 heterocycles. The van der Waals surface area contributed by atoms with Crippen LogP contribution in [-0.2, 0) is 4.79 Å². The number of anilines is 1. The van der Waals surface area contributed by atoms with Gasteiger partial charge in [-0.1, -0.05) is 6.07 Å². The van der Waals surface area contributed by atoms with E-state index in [1.807, 2.05) is 11.9 Å². The monoisotopic (exact) mass is 402 g/mol. The average molecular weight is 402 g/mol. The third-order valence-corrected chi connectivity index (χ3v) is 4.68. The lowest BCUT2D eigenvalue weighted by atomic mass is 10.1. The Morgan fingerprint density at radius 3 is 2.97 bits per heavy atom. The van der Waals surface area contributed by atoms with Gasteiger partial charge >= 0.3 is 0 Å². The summed E-state index contributed by atoms with van der Waals surface area (Å²) in [5.41, 5.74) is 5.98. The molecule has 1 aliphatic heterocycles. The molecule has 154 valence electrons. The van der Waals surface area contributed by atoms with Crippen molar-refractivity contribution in [3.63, 3.8) is 0 Å². The average Bonchev–Trinajstić information content (AvgIpc) is 2.71. The number of ether oxygens (including phenoxy) is 1. The Balaban J connectivity index is 1.52. The van der Waals surface area contributed by atoms with Gasteiger partial charge in [0.1, 0.15) is 36.4 Å². The minimum Gasteiger partial charge on any atom is -0.492 e. The number of hydrogen-bond acceptors (Lipinski definition) is 7. The van der Waals surface area contributed by atoms with Crippen molar-refractivity contribution in [3.05, 3.63) is 48.2 Å². The molecule has 0 unspecified atom stereocenters. The first-order valence-corrected chi connectivity index (χ1v) is 9.17. The lowest BCUT2D eigenvalue weighted by molar-refractivity contribution is -0.127. The van der Waals surface area contributed by atoms with Gasteiger partial charge < -0.3 is 20.7 Å². The van der Waals surface area contributed by atoms with Crippen LogP contribution >= 0.6 is 0 Å². The lowest BCUT2D eigenvalue weighted by Gasteiger charge is -2.38. The number of benzene rings is 1. The van der Waals surface area contributed by atoms with Crippen LogP contribution in [0, 0.1) is 5.82 Å². The van der Waals surface area contributed by atoms with Gasteiger partial charge in [0, 0.05) is 31.9 Å². The van der Waals surface area contributed by atoms with Crippen LogP contribution in [0.4, 0.5) is 10.2 Å². The van der Waals surface area contributed by atoms with Crippen LogP contribution in [0.1, 0.15) is 10.4 Å². The normalized spacial score (nSPS) is 17.0. The smallest absolute Gasteiger partial charge is 0.259 e. The molecule has 0 aliphatic carbocycles. The number of likely N-dealkylation sites (N-methyl/N-ethyl adjacent to an activating group) is 1. The number of carbonyl (C=O) groups is 2. The Morgan fingerprint density at radius 2 is 2.21 bits per heavy atom. The fourth-order valence-corrected chi connectivity index (χ4v) is 3.03. The van der Waals surface area contributed by atoms with Gasteiger partial charge in [0.15, 0.2) is 0 Å². The van der Waals surface area contributed by atoms with Crippen LogP contribution in [0.5, 0.6) is 5.75 Å². The van der Waals surface area contributed by atoms with E-state index in [4.69, 9.17) is 10.5 Å². The quantitative estimate of drug-likeness (QED) is 0.661. The van der Waals surface area contributed by atoms with E-state index in [1.54, 1.807) is 17.0 Å². The number of hydrogen-bond donors (Lipinski definition) is 2. The van der Waals surface area contributed by atoms with Crippen LogP contribution in [0.2, 0.25) is 0 Å². The standard InChI is InChI=1S/C19H23FN6O3/c1-25-6-7-26(19(28)15-10-22-12-24-17(15)21)11-16(25)18(27)23-5-8-29-14-4-2-3-13(20)9-14/h2-4,9-10,12,16H,5-8,11H2,1H3,(H,23,27)(H2,21,22,24)/t16-/m0/s1. The number of rotatable bonds is 6. The number of piperazine rings is 1. The highest BCUT2D eigenvalue weighted by molar-refractivity contribution is 5.98. The summed E-state index contributed by atoms with van der Waals surface area (Å²) in [7, 11) is 1.83. The Labute approximate surface area is 167 Å². The predicted octanol–water partition coefficient (Wildman–Crippen LogP) is 0.149. The lowest BCUT2D eigenvalue weighted by Crippen LogP contribution is -2.59. The molecular formula is C19H23FN6O3. The number of nitrogens with one attached hydrogen (secondary N) is 1. The zero-order chi connectivity index (χ0) is 20.8. The summed E-state index contributed by atoms with van der Waals surface area (Å²) in [5.74, 6) is -0.397. The Hall–Kier alpha value is -3.27. The summed E-state index contributed by atoms with van der Waals surface area (Å²) in [6, 6.07) is 5.29. The molecule has 29 heavy (non-hydrogen) atoms. The van der Waals surface area contributed by atoms with Gasteiger partial charge in [0.25, 0.3) is 5.91 Å². The van der Waals surface area contributed by atoms with Gasteiger partial charge in [-0.2, -0.15) is 0 Å². The fourth-order valence-electron chi connectivity index (χ4n) is 3.03. The molecule has 1 aromatic carbocycles. The highest BCUT2D eigenvalue weighted by Gasteiger charge is 2.33.